The second-order valence-electron chi connectivity index (χ2n) is 4.83. The van der Waals surface area contributed by atoms with Crippen LogP contribution in [0.1, 0.15) is 25.3 Å². The van der Waals surface area contributed by atoms with E-state index in [2.05, 4.69) is 15.9 Å². The first kappa shape index (κ1) is 15.8. The van der Waals surface area contributed by atoms with Crippen LogP contribution in [0.2, 0.25) is 0 Å². The molecule has 1 fully saturated rings. The van der Waals surface area contributed by atoms with Crippen LogP contribution in [0, 0.1) is 0 Å². The third kappa shape index (κ3) is 4.17. The number of ether oxygens (including phenoxy) is 1. The van der Waals surface area contributed by atoms with Crippen molar-refractivity contribution in [2.75, 3.05) is 13.2 Å². The molecule has 112 valence electrons. The maximum atomic E-state index is 12.2. The molecule has 1 unspecified atom stereocenters. The van der Waals surface area contributed by atoms with Crippen molar-refractivity contribution in [2.24, 2.45) is 0 Å². The van der Waals surface area contributed by atoms with Crippen LogP contribution in [-0.2, 0) is 14.3 Å². The van der Waals surface area contributed by atoms with E-state index < -0.39 is 6.04 Å². The lowest BCUT2D eigenvalue weighted by molar-refractivity contribution is -0.151. The Morgan fingerprint density at radius 2 is 2.10 bits per heavy atom. The fraction of sp³-hybridized carbons (Fsp3) is 0.375. The molecule has 1 aliphatic rings. The maximum Gasteiger partial charge on any atom is 0.328 e. The predicted octanol–water partition coefficient (Wildman–Crippen LogP) is 3.02. The Hall–Kier alpha value is -1.62. The van der Waals surface area contributed by atoms with Gasteiger partial charge in [-0.1, -0.05) is 28.1 Å². The number of carbonyl (C=O) groups excluding carboxylic acids is 2. The van der Waals surface area contributed by atoms with E-state index in [4.69, 9.17) is 4.74 Å². The summed E-state index contributed by atoms with van der Waals surface area (Å²) in [5.41, 5.74) is 0.943. The summed E-state index contributed by atoms with van der Waals surface area (Å²) in [7, 11) is 0. The van der Waals surface area contributed by atoms with Crippen molar-refractivity contribution >= 4 is 33.9 Å². The molecule has 0 aromatic heterocycles. The number of hydrogen-bond donors (Lipinski definition) is 0. The number of benzene rings is 1. The van der Waals surface area contributed by atoms with Crippen LogP contribution in [0.5, 0.6) is 0 Å². The molecule has 0 radical (unpaired) electrons. The van der Waals surface area contributed by atoms with Crippen LogP contribution in [0.3, 0.4) is 0 Å². The third-order valence-corrected chi connectivity index (χ3v) is 3.91. The summed E-state index contributed by atoms with van der Waals surface area (Å²) in [6, 6.07) is 7.23. The molecule has 4 nitrogen and oxygen atoms in total. The van der Waals surface area contributed by atoms with Crippen molar-refractivity contribution < 1.29 is 14.3 Å². The van der Waals surface area contributed by atoms with Crippen LogP contribution >= 0.6 is 15.9 Å². The van der Waals surface area contributed by atoms with Gasteiger partial charge in [0.2, 0.25) is 5.91 Å². The molecule has 0 N–H and O–H groups in total. The number of nitrogens with zero attached hydrogens (tertiary/aromatic N) is 1. The SMILES string of the molecule is CCOC(=O)C1CCCN1C(=O)C=Cc1ccc(Br)cc1. The van der Waals surface area contributed by atoms with Crippen molar-refractivity contribution in [2.45, 2.75) is 25.8 Å². The van der Waals surface area contributed by atoms with Crippen molar-refractivity contribution in [3.05, 3.63) is 40.4 Å². The molecule has 2 rings (SSSR count). The second-order valence-corrected chi connectivity index (χ2v) is 5.74. The van der Waals surface area contributed by atoms with E-state index in [0.717, 1.165) is 16.5 Å². The molecule has 1 aliphatic heterocycles. The molecule has 5 heteroatoms. The Morgan fingerprint density at radius 1 is 1.38 bits per heavy atom. The van der Waals surface area contributed by atoms with Crippen LogP contribution in [0.25, 0.3) is 6.08 Å². The summed E-state index contributed by atoms with van der Waals surface area (Å²) in [6.07, 6.45) is 4.79. The standard InChI is InChI=1S/C16H18BrNO3/c1-2-21-16(20)14-4-3-11-18(14)15(19)10-7-12-5-8-13(17)9-6-12/h5-10,14H,2-4,11H2,1H3. The summed E-state index contributed by atoms with van der Waals surface area (Å²) >= 11 is 3.37. The number of esters is 1. The predicted molar refractivity (Wildman–Crippen MR) is 84.5 cm³/mol. The molecule has 1 saturated heterocycles. The summed E-state index contributed by atoms with van der Waals surface area (Å²) < 4.78 is 6.01. The number of likely N-dealkylation sites (tertiary alicyclic amines) is 1. The third-order valence-electron chi connectivity index (χ3n) is 3.38. The highest BCUT2D eigenvalue weighted by Crippen LogP contribution is 2.19. The molecule has 1 aromatic carbocycles. The Bertz CT molecular complexity index is 539. The van der Waals surface area contributed by atoms with Crippen molar-refractivity contribution in [1.82, 2.24) is 4.90 Å². The number of hydrogen-bond acceptors (Lipinski definition) is 3. The Kier molecular flexibility index (Phi) is 5.56. The minimum Gasteiger partial charge on any atom is -0.464 e. The number of amides is 1. The van der Waals surface area contributed by atoms with E-state index in [1.165, 1.54) is 6.08 Å². The highest BCUT2D eigenvalue weighted by atomic mass is 79.9. The Morgan fingerprint density at radius 3 is 2.76 bits per heavy atom. The highest BCUT2D eigenvalue weighted by molar-refractivity contribution is 9.10. The molecule has 0 aliphatic carbocycles. The lowest BCUT2D eigenvalue weighted by Gasteiger charge is -2.21. The smallest absolute Gasteiger partial charge is 0.328 e. The first-order valence-electron chi connectivity index (χ1n) is 7.02. The molecular formula is C16H18BrNO3. The monoisotopic (exact) mass is 351 g/mol. The quantitative estimate of drug-likeness (QED) is 0.618. The molecular weight excluding hydrogens is 334 g/mol. The lowest BCUT2D eigenvalue weighted by atomic mass is 10.2. The van der Waals surface area contributed by atoms with Gasteiger partial charge in [0.15, 0.2) is 0 Å². The van der Waals surface area contributed by atoms with E-state index in [0.29, 0.717) is 19.6 Å². The Labute approximate surface area is 132 Å². The topological polar surface area (TPSA) is 46.6 Å². The number of halogens is 1. The minimum absolute atomic E-state index is 0.145. The van der Waals surface area contributed by atoms with E-state index in [9.17, 15) is 9.59 Å². The van der Waals surface area contributed by atoms with Gasteiger partial charge >= 0.3 is 5.97 Å². The zero-order chi connectivity index (χ0) is 15.2. The largest absolute Gasteiger partial charge is 0.464 e. The molecule has 1 amide bonds. The van der Waals surface area contributed by atoms with Gasteiger partial charge in [-0.3, -0.25) is 4.79 Å². The molecule has 0 saturated carbocycles. The van der Waals surface area contributed by atoms with E-state index >= 15 is 0 Å². The van der Waals surface area contributed by atoms with Crippen LogP contribution in [0.4, 0.5) is 0 Å². The van der Waals surface area contributed by atoms with Gasteiger partial charge in [0.05, 0.1) is 6.61 Å². The fourth-order valence-corrected chi connectivity index (χ4v) is 2.62. The van der Waals surface area contributed by atoms with Gasteiger partial charge in [0.1, 0.15) is 6.04 Å². The highest BCUT2D eigenvalue weighted by Gasteiger charge is 2.33. The lowest BCUT2D eigenvalue weighted by Crippen LogP contribution is -2.40. The van der Waals surface area contributed by atoms with Crippen molar-refractivity contribution in [1.29, 1.82) is 0 Å². The summed E-state index contributed by atoms with van der Waals surface area (Å²) in [4.78, 5) is 25.6. The van der Waals surface area contributed by atoms with E-state index in [1.807, 2.05) is 24.3 Å². The summed E-state index contributed by atoms with van der Waals surface area (Å²) in [5, 5.41) is 0. The maximum absolute atomic E-state index is 12.2. The molecule has 1 atom stereocenters. The van der Waals surface area contributed by atoms with Crippen molar-refractivity contribution in [3.8, 4) is 0 Å². The number of rotatable bonds is 4. The first-order chi connectivity index (χ1) is 10.1. The van der Waals surface area contributed by atoms with Gasteiger partial charge in [-0.25, -0.2) is 4.79 Å². The molecule has 21 heavy (non-hydrogen) atoms. The zero-order valence-corrected chi connectivity index (χ0v) is 13.5. The first-order valence-corrected chi connectivity index (χ1v) is 7.82. The van der Waals surface area contributed by atoms with Crippen LogP contribution in [0.15, 0.2) is 34.8 Å². The van der Waals surface area contributed by atoms with Crippen LogP contribution in [-0.4, -0.2) is 36.0 Å². The zero-order valence-electron chi connectivity index (χ0n) is 11.9. The van der Waals surface area contributed by atoms with Gasteiger partial charge in [0, 0.05) is 17.1 Å². The number of carbonyl (C=O) groups is 2. The Balaban J connectivity index is 2.01. The van der Waals surface area contributed by atoms with Crippen molar-refractivity contribution in [3.63, 3.8) is 0 Å². The molecule has 0 spiro atoms. The van der Waals surface area contributed by atoms with E-state index in [-0.39, 0.29) is 11.9 Å². The van der Waals surface area contributed by atoms with E-state index in [1.54, 1.807) is 17.9 Å². The molecule has 1 heterocycles. The average Bonchev–Trinajstić information content (AvgIpc) is 2.96. The van der Waals surface area contributed by atoms with Gasteiger partial charge in [-0.15, -0.1) is 0 Å². The van der Waals surface area contributed by atoms with Gasteiger partial charge in [-0.2, -0.15) is 0 Å². The van der Waals surface area contributed by atoms with Gasteiger partial charge < -0.3 is 9.64 Å². The second kappa shape index (κ2) is 7.41. The fourth-order valence-electron chi connectivity index (χ4n) is 2.35. The molecule has 1 aromatic rings. The van der Waals surface area contributed by atoms with Gasteiger partial charge in [0.25, 0.3) is 0 Å². The van der Waals surface area contributed by atoms with Gasteiger partial charge in [-0.05, 0) is 43.5 Å². The molecule has 0 bridgehead atoms. The normalized spacial score (nSPS) is 18.2. The summed E-state index contributed by atoms with van der Waals surface area (Å²) in [6.45, 7) is 2.71. The van der Waals surface area contributed by atoms with Crippen LogP contribution < -0.4 is 0 Å². The summed E-state index contributed by atoms with van der Waals surface area (Å²) in [5.74, 6) is -0.450. The minimum atomic E-state index is -0.438. The average molecular weight is 352 g/mol.